The fraction of sp³-hybridized carbons (Fsp3) is 0.232. The molecule has 4 atom stereocenters. The van der Waals surface area contributed by atoms with Gasteiger partial charge in [0.2, 0.25) is 5.91 Å². The predicted octanol–water partition coefficient (Wildman–Crippen LogP) is 9.11. The first-order chi connectivity index (χ1) is 39.1. The van der Waals surface area contributed by atoms with Crippen molar-refractivity contribution in [2.75, 3.05) is 37.2 Å². The molecule has 0 radical (unpaired) electrons. The lowest BCUT2D eigenvalue weighted by molar-refractivity contribution is -0.132. The normalized spacial score (nSPS) is 16.4. The highest BCUT2D eigenvalue weighted by Crippen LogP contribution is 2.34. The molecule has 0 bridgehead atoms. The van der Waals surface area contributed by atoms with Crippen LogP contribution >= 0.6 is 24.0 Å². The number of carbonyl (C=O) groups is 3. The van der Waals surface area contributed by atoms with Gasteiger partial charge in [-0.3, -0.25) is 18.9 Å². The molecule has 2 fully saturated rings. The number of aromatic amines is 2. The molecule has 23 nitrogen and oxygen atoms in total. The number of rotatable bonds is 7. The fourth-order valence-electron chi connectivity index (χ4n) is 9.15. The molecule has 81 heavy (non-hydrogen) atoms. The summed E-state index contributed by atoms with van der Waals surface area (Å²) in [4.78, 5) is 83.9. The van der Waals surface area contributed by atoms with Crippen LogP contribution in [0.4, 0.5) is 21.2 Å². The maximum absolute atomic E-state index is 12.8. The Bertz CT molecular complexity index is 3680. The number of ether oxygens (including phenoxy) is 2. The first-order valence-electron chi connectivity index (χ1n) is 25.6. The fourth-order valence-corrected chi connectivity index (χ4v) is 9.24. The molecule has 2 aromatic carbocycles. The van der Waals surface area contributed by atoms with Crippen molar-refractivity contribution in [2.45, 2.75) is 44.9 Å². The first-order valence-corrected chi connectivity index (χ1v) is 26.0. The number of piperidine rings is 2. The van der Waals surface area contributed by atoms with Crippen LogP contribution < -0.4 is 25.8 Å². The van der Waals surface area contributed by atoms with Crippen molar-refractivity contribution >= 4 is 86.4 Å². The van der Waals surface area contributed by atoms with Crippen LogP contribution in [0.2, 0.25) is 0 Å². The van der Waals surface area contributed by atoms with Gasteiger partial charge in [-0.1, -0.05) is 50.2 Å². The summed E-state index contributed by atoms with van der Waals surface area (Å²) in [5.41, 5.74) is 11.1. The summed E-state index contributed by atoms with van der Waals surface area (Å²) >= 11 is 4.95. The van der Waals surface area contributed by atoms with E-state index in [1.807, 2.05) is 60.3 Å². The Balaban J connectivity index is 0.000000142. The molecule has 2 saturated heterocycles. The van der Waals surface area contributed by atoms with E-state index >= 15 is 0 Å². The third kappa shape index (κ3) is 15.4. The van der Waals surface area contributed by atoms with Crippen LogP contribution in [0.1, 0.15) is 55.9 Å². The summed E-state index contributed by atoms with van der Waals surface area (Å²) in [7, 11) is 0. The Kier molecular flexibility index (Phi) is 20.3. The van der Waals surface area contributed by atoms with E-state index in [1.165, 1.54) is 31.6 Å². The number of likely N-dealkylation sites (tertiary alicyclic amines) is 1. The largest absolute Gasteiger partial charge is 0.418 e. The number of halogens is 2. The van der Waals surface area contributed by atoms with E-state index in [1.54, 1.807) is 79.1 Å². The van der Waals surface area contributed by atoms with Crippen LogP contribution in [0.3, 0.4) is 0 Å². The second-order valence-electron chi connectivity index (χ2n) is 18.6. The van der Waals surface area contributed by atoms with Gasteiger partial charge in [0.15, 0.2) is 11.3 Å². The molecule has 9 aromatic heterocycles. The molecule has 11 heterocycles. The van der Waals surface area contributed by atoms with E-state index in [9.17, 15) is 14.4 Å². The molecule has 0 aliphatic carbocycles. The summed E-state index contributed by atoms with van der Waals surface area (Å²) in [5.74, 6) is 5.84. The Morgan fingerprint density at radius 1 is 0.654 bits per heavy atom. The number of nitrogens with one attached hydrogen (secondary N) is 4. The predicted molar refractivity (Wildman–Crippen MR) is 308 cm³/mol. The number of anilines is 2. The summed E-state index contributed by atoms with van der Waals surface area (Å²) in [5, 5.41) is 5.96. The summed E-state index contributed by atoms with van der Waals surface area (Å²) in [6, 6.07) is 26.5. The molecule has 2 aliphatic heterocycles. The van der Waals surface area contributed by atoms with Gasteiger partial charge < -0.3 is 35.4 Å². The summed E-state index contributed by atoms with van der Waals surface area (Å²) < 4.78 is 14.0. The van der Waals surface area contributed by atoms with Crippen LogP contribution in [0.5, 0.6) is 11.5 Å². The molecule has 2 unspecified atom stereocenters. The van der Waals surface area contributed by atoms with Crippen molar-refractivity contribution in [3.8, 4) is 11.5 Å². The molecule has 0 spiro atoms. The highest BCUT2D eigenvalue weighted by Gasteiger charge is 2.33. The van der Waals surface area contributed by atoms with E-state index in [4.69, 9.17) is 27.1 Å². The Labute approximate surface area is 475 Å². The number of carbonyl (C=O) groups excluding carboxylic acids is 3. The number of nitrogens with two attached hydrogens (primary N) is 1. The second kappa shape index (κ2) is 28.4. The highest BCUT2D eigenvalue weighted by molar-refractivity contribution is 6.61. The minimum atomic E-state index is -0.814. The third-order valence-electron chi connectivity index (χ3n) is 13.3. The number of amides is 2. The van der Waals surface area contributed by atoms with Gasteiger partial charge in [0.25, 0.3) is 0 Å². The zero-order chi connectivity index (χ0) is 55.6. The van der Waals surface area contributed by atoms with E-state index in [-0.39, 0.29) is 24.2 Å². The number of H-pyrrole nitrogens is 2. The lowest BCUT2D eigenvalue weighted by Crippen LogP contribution is -2.43. The molecule has 11 aromatic rings. The molecular weight excluding hydrogens is 1080 g/mol. The van der Waals surface area contributed by atoms with Gasteiger partial charge in [-0.25, -0.2) is 59.4 Å². The number of hydrogen-bond donors (Lipinski definition) is 5. The number of imidazole rings is 2. The van der Waals surface area contributed by atoms with Gasteiger partial charge in [0.05, 0.1) is 59.0 Å². The summed E-state index contributed by atoms with van der Waals surface area (Å²) in [6.07, 6.45) is 22.3. The van der Waals surface area contributed by atoms with Crippen molar-refractivity contribution in [1.29, 1.82) is 0 Å². The number of aromatic nitrogens is 14. The topological polar surface area (TPSA) is 292 Å². The zero-order valence-electron chi connectivity index (χ0n) is 44.1. The van der Waals surface area contributed by atoms with Gasteiger partial charge in [-0.05, 0) is 85.8 Å². The van der Waals surface area contributed by atoms with Gasteiger partial charge >= 0.3 is 11.5 Å². The number of para-hydroxylation sites is 2. The van der Waals surface area contributed by atoms with Crippen molar-refractivity contribution in [2.24, 2.45) is 11.8 Å². The standard InChI is InChI=1S/C20H21N7O.C14H17N5.C11H9N3O2.C7H5ClO2.C4H5N3.ClH/c1-13-4-7-26(18(28)8-14-2-5-21-12-25-14)11-16(13)20-24-10-15-9-23-19-17(27(15)20)3-6-22-19;1-9-2-4-15-8-11(9)14-18-7-10-6-17-13-12(19(10)14)3-5-16-13;15-11(14-10-6-7-12-8-13-10)16-9-4-2-1-3-5-9;8-7(9)10-6-4-2-1-3-5-6;5-4-1-2-6-3-7-4;/h2-3,5-6,9-10,12-13,16,22H,4,7-8,11H2,1H3;3,5-7,9,11,15-16H,2,4,8H2,1H3;1-8H,(H,12,13,14,15);1-5H;1-3H,(H2,5,6,7);1H/t13-,16?;9-,11?;;;;/m11..../s1. The average Bonchev–Trinajstić information content (AvgIpc) is 4.46. The Morgan fingerprint density at radius 3 is 1.74 bits per heavy atom. The van der Waals surface area contributed by atoms with Gasteiger partial charge in [0.1, 0.15) is 53.8 Å². The monoisotopic (exact) mass is 1130 g/mol. The molecule has 2 amide bonds. The molecule has 6 N–H and O–H groups in total. The molecule has 416 valence electrons. The van der Waals surface area contributed by atoms with Gasteiger partial charge in [0, 0.05) is 74.1 Å². The summed E-state index contributed by atoms with van der Waals surface area (Å²) in [6.45, 7) is 8.12. The van der Waals surface area contributed by atoms with Crippen molar-refractivity contribution in [1.82, 2.24) is 78.8 Å². The molecule has 25 heteroatoms. The number of fused-ring (bicyclic) bond motifs is 6. The maximum Gasteiger partial charge on any atom is 0.418 e. The molecule has 13 rings (SSSR count). The lowest BCUT2D eigenvalue weighted by atomic mass is 9.86. The number of hydrogen-bond acceptors (Lipinski definition) is 17. The smallest absolute Gasteiger partial charge is 0.415 e. The second-order valence-corrected chi connectivity index (χ2v) is 18.9. The minimum Gasteiger partial charge on any atom is -0.415 e. The van der Waals surface area contributed by atoms with Crippen LogP contribution in [0, 0.1) is 11.8 Å². The average molecular weight is 1130 g/mol. The number of benzene rings is 2. The van der Waals surface area contributed by atoms with E-state index < -0.39 is 11.5 Å². The van der Waals surface area contributed by atoms with Gasteiger partial charge in [-0.15, -0.1) is 12.4 Å². The van der Waals surface area contributed by atoms with Crippen LogP contribution in [0.15, 0.2) is 166 Å². The minimum absolute atomic E-state index is 0. The molecule has 0 saturated carbocycles. The number of nitrogen functional groups attached to an aromatic ring is 1. The zero-order valence-corrected chi connectivity index (χ0v) is 45.6. The lowest BCUT2D eigenvalue weighted by Gasteiger charge is -2.36. The van der Waals surface area contributed by atoms with E-state index in [0.29, 0.717) is 53.9 Å². The quantitative estimate of drug-likeness (QED) is 0.0929. The SMILES string of the molecule is C[C@@H]1CCN(C(=O)Cc2ccncn2)CC1c1ncc2cnc3[nH]ccc3n12.C[C@@H]1CCNCC1c1ncc2cnc3[nH]ccc3n12.Cl.Nc1ccncn1.O=C(Cl)Oc1ccccc1.O=C(Nc1ccncn1)Oc1ccccc1. The van der Waals surface area contributed by atoms with E-state index in [0.717, 1.165) is 76.8 Å². The Morgan fingerprint density at radius 2 is 1.21 bits per heavy atom. The van der Waals surface area contributed by atoms with Crippen molar-refractivity contribution in [3.05, 3.63) is 183 Å². The molecule has 2 aliphatic rings. The van der Waals surface area contributed by atoms with Crippen LogP contribution in [0.25, 0.3) is 33.4 Å². The molecular formula is C56H58Cl2N18O5. The third-order valence-corrected chi connectivity index (χ3v) is 13.3. The van der Waals surface area contributed by atoms with E-state index in [2.05, 4.69) is 98.9 Å². The Hall–Kier alpha value is -9.45. The van der Waals surface area contributed by atoms with Crippen molar-refractivity contribution < 1.29 is 23.9 Å². The van der Waals surface area contributed by atoms with Gasteiger partial charge in [-0.2, -0.15) is 0 Å². The van der Waals surface area contributed by atoms with Crippen LogP contribution in [-0.4, -0.2) is 117 Å². The van der Waals surface area contributed by atoms with Crippen LogP contribution in [-0.2, 0) is 11.2 Å². The first kappa shape index (κ1) is 57.7. The number of nitrogens with zero attached hydrogens (tertiary/aromatic N) is 13. The maximum atomic E-state index is 12.8. The van der Waals surface area contributed by atoms with Crippen molar-refractivity contribution in [3.63, 3.8) is 0 Å². The highest BCUT2D eigenvalue weighted by atomic mass is 35.5.